The highest BCUT2D eigenvalue weighted by Crippen LogP contribution is 2.17. The van der Waals surface area contributed by atoms with Gasteiger partial charge in [-0.05, 0) is 7.05 Å². The van der Waals surface area contributed by atoms with E-state index in [0.29, 0.717) is 13.1 Å². The molecule has 6 heteroatoms. The number of carbonyl (C=O) groups excluding carboxylic acids is 1. The number of likely N-dealkylation sites (N-methyl/N-ethyl adjacent to an activating group) is 1. The molecule has 0 aliphatic carbocycles. The molecule has 0 radical (unpaired) electrons. The molecule has 0 bridgehead atoms. The first-order chi connectivity index (χ1) is 7.61. The second-order valence-corrected chi connectivity index (χ2v) is 4.52. The molecule has 0 saturated carbocycles. The number of amides is 1. The first-order valence-corrected chi connectivity index (χ1v) is 5.49. The summed E-state index contributed by atoms with van der Waals surface area (Å²) in [5.74, 6) is 0. The third-order valence-corrected chi connectivity index (χ3v) is 3.52. The number of aldehydes is 1. The smallest absolute Gasteiger partial charge is 0.407 e. The number of carbonyl (C=O) groups is 2. The Balaban J connectivity index is 2.00. The SMILES string of the molecule is CN1CC2CN(C(=O)O)CCN2C[C@H]1C=O. The molecular weight excluding hydrogens is 210 g/mol. The van der Waals surface area contributed by atoms with E-state index in [9.17, 15) is 9.59 Å². The molecule has 16 heavy (non-hydrogen) atoms. The Hall–Kier alpha value is -1.14. The van der Waals surface area contributed by atoms with Crippen LogP contribution in [-0.2, 0) is 4.79 Å². The Morgan fingerprint density at radius 2 is 2.06 bits per heavy atom. The highest BCUT2D eigenvalue weighted by molar-refractivity contribution is 5.65. The van der Waals surface area contributed by atoms with E-state index in [-0.39, 0.29) is 12.1 Å². The molecule has 0 spiro atoms. The van der Waals surface area contributed by atoms with Crippen molar-refractivity contribution in [1.82, 2.24) is 14.7 Å². The van der Waals surface area contributed by atoms with Crippen molar-refractivity contribution >= 4 is 12.4 Å². The van der Waals surface area contributed by atoms with E-state index in [1.807, 2.05) is 11.9 Å². The minimum absolute atomic E-state index is 0.0485. The van der Waals surface area contributed by atoms with Crippen molar-refractivity contribution in [3.63, 3.8) is 0 Å². The maximum atomic E-state index is 10.9. The molecule has 2 aliphatic heterocycles. The number of hydrogen-bond donors (Lipinski definition) is 1. The van der Waals surface area contributed by atoms with E-state index in [0.717, 1.165) is 25.9 Å². The molecule has 2 fully saturated rings. The fraction of sp³-hybridized carbons (Fsp3) is 0.800. The highest BCUT2D eigenvalue weighted by Gasteiger charge is 2.36. The first-order valence-electron chi connectivity index (χ1n) is 5.49. The summed E-state index contributed by atoms with van der Waals surface area (Å²) in [5, 5.41) is 8.93. The van der Waals surface area contributed by atoms with Gasteiger partial charge in [-0.15, -0.1) is 0 Å². The second-order valence-electron chi connectivity index (χ2n) is 4.52. The molecule has 0 aromatic rings. The summed E-state index contributed by atoms with van der Waals surface area (Å²) in [6.07, 6.45) is 0.125. The van der Waals surface area contributed by atoms with Crippen LogP contribution in [-0.4, -0.2) is 84.0 Å². The van der Waals surface area contributed by atoms with E-state index in [1.54, 1.807) is 0 Å². The van der Waals surface area contributed by atoms with Crippen LogP contribution in [0.5, 0.6) is 0 Å². The van der Waals surface area contributed by atoms with Crippen LogP contribution in [0, 0.1) is 0 Å². The molecule has 2 aliphatic rings. The van der Waals surface area contributed by atoms with Gasteiger partial charge in [0.1, 0.15) is 6.29 Å². The predicted octanol–water partition coefficient (Wildman–Crippen LogP) is -0.836. The summed E-state index contributed by atoms with van der Waals surface area (Å²) >= 11 is 0. The van der Waals surface area contributed by atoms with Crippen LogP contribution in [0.1, 0.15) is 0 Å². The summed E-state index contributed by atoms with van der Waals surface area (Å²) < 4.78 is 0. The highest BCUT2D eigenvalue weighted by atomic mass is 16.4. The summed E-state index contributed by atoms with van der Waals surface area (Å²) in [5.41, 5.74) is 0. The minimum atomic E-state index is -0.847. The molecular formula is C10H17N3O3. The van der Waals surface area contributed by atoms with Gasteiger partial charge in [-0.1, -0.05) is 0 Å². The molecule has 2 saturated heterocycles. The lowest BCUT2D eigenvalue weighted by molar-refractivity contribution is -0.116. The van der Waals surface area contributed by atoms with Crippen LogP contribution in [0.15, 0.2) is 0 Å². The van der Waals surface area contributed by atoms with Gasteiger partial charge in [0.05, 0.1) is 6.04 Å². The Kier molecular flexibility index (Phi) is 3.11. The van der Waals surface area contributed by atoms with Gasteiger partial charge < -0.3 is 14.8 Å². The van der Waals surface area contributed by atoms with Crippen LogP contribution in [0.4, 0.5) is 4.79 Å². The normalized spacial score (nSPS) is 32.2. The standard InChI is InChI=1S/C10H17N3O3/c1-11-4-8-5-13(10(15)16)3-2-12(8)6-9(11)7-14/h7-9H,2-6H2,1H3,(H,15,16)/t8?,9-/m0/s1. The summed E-state index contributed by atoms with van der Waals surface area (Å²) in [4.78, 5) is 27.4. The zero-order valence-electron chi connectivity index (χ0n) is 9.37. The fourth-order valence-electron chi connectivity index (χ4n) is 2.47. The van der Waals surface area contributed by atoms with Gasteiger partial charge in [-0.3, -0.25) is 9.80 Å². The first kappa shape index (κ1) is 11.3. The third-order valence-electron chi connectivity index (χ3n) is 3.52. The molecule has 1 N–H and O–H groups in total. The van der Waals surface area contributed by atoms with Crippen molar-refractivity contribution in [1.29, 1.82) is 0 Å². The number of nitrogens with zero attached hydrogens (tertiary/aromatic N) is 3. The Labute approximate surface area is 94.4 Å². The molecule has 2 rings (SSSR count). The Bertz CT molecular complexity index is 297. The third kappa shape index (κ3) is 2.03. The van der Waals surface area contributed by atoms with Crippen LogP contribution in [0.25, 0.3) is 0 Å². The van der Waals surface area contributed by atoms with Crippen molar-refractivity contribution in [3.05, 3.63) is 0 Å². The number of piperazine rings is 2. The van der Waals surface area contributed by atoms with Crippen LogP contribution >= 0.6 is 0 Å². The van der Waals surface area contributed by atoms with Gasteiger partial charge in [0.25, 0.3) is 0 Å². The molecule has 1 unspecified atom stereocenters. The summed E-state index contributed by atoms with van der Waals surface area (Å²) in [6.45, 7) is 3.30. The molecule has 6 nitrogen and oxygen atoms in total. The zero-order valence-corrected chi connectivity index (χ0v) is 9.37. The Morgan fingerprint density at radius 3 is 2.69 bits per heavy atom. The van der Waals surface area contributed by atoms with Gasteiger partial charge in [-0.25, -0.2) is 4.79 Å². The average molecular weight is 227 g/mol. The van der Waals surface area contributed by atoms with Gasteiger partial charge in [-0.2, -0.15) is 0 Å². The van der Waals surface area contributed by atoms with E-state index in [4.69, 9.17) is 5.11 Å². The van der Waals surface area contributed by atoms with E-state index < -0.39 is 6.09 Å². The zero-order chi connectivity index (χ0) is 11.7. The van der Waals surface area contributed by atoms with Crippen molar-refractivity contribution in [3.8, 4) is 0 Å². The van der Waals surface area contributed by atoms with Crippen molar-refractivity contribution < 1.29 is 14.7 Å². The van der Waals surface area contributed by atoms with Crippen molar-refractivity contribution in [2.75, 3.05) is 39.8 Å². The quantitative estimate of drug-likeness (QED) is 0.592. The molecule has 90 valence electrons. The lowest BCUT2D eigenvalue weighted by atomic mass is 10.1. The monoisotopic (exact) mass is 227 g/mol. The summed E-state index contributed by atoms with van der Waals surface area (Å²) in [7, 11) is 1.91. The molecule has 2 atom stereocenters. The number of fused-ring (bicyclic) bond motifs is 1. The van der Waals surface area contributed by atoms with Gasteiger partial charge in [0.2, 0.25) is 0 Å². The van der Waals surface area contributed by atoms with Crippen LogP contribution < -0.4 is 0 Å². The number of carboxylic acid groups (broad SMARTS) is 1. The number of rotatable bonds is 1. The van der Waals surface area contributed by atoms with Gasteiger partial charge in [0.15, 0.2) is 0 Å². The van der Waals surface area contributed by atoms with E-state index in [2.05, 4.69) is 4.90 Å². The molecule has 2 heterocycles. The molecule has 1 amide bonds. The Morgan fingerprint density at radius 1 is 1.31 bits per heavy atom. The van der Waals surface area contributed by atoms with Crippen LogP contribution in [0.3, 0.4) is 0 Å². The van der Waals surface area contributed by atoms with Gasteiger partial charge >= 0.3 is 6.09 Å². The predicted molar refractivity (Wildman–Crippen MR) is 57.4 cm³/mol. The fourth-order valence-corrected chi connectivity index (χ4v) is 2.47. The second kappa shape index (κ2) is 4.39. The van der Waals surface area contributed by atoms with Crippen LogP contribution in [0.2, 0.25) is 0 Å². The van der Waals surface area contributed by atoms with Crippen molar-refractivity contribution in [2.45, 2.75) is 12.1 Å². The van der Waals surface area contributed by atoms with E-state index >= 15 is 0 Å². The molecule has 0 aromatic carbocycles. The maximum Gasteiger partial charge on any atom is 0.407 e. The number of hydrogen-bond acceptors (Lipinski definition) is 4. The van der Waals surface area contributed by atoms with Crippen molar-refractivity contribution in [2.24, 2.45) is 0 Å². The lowest BCUT2D eigenvalue weighted by Gasteiger charge is -2.47. The molecule has 0 aromatic heterocycles. The largest absolute Gasteiger partial charge is 0.465 e. The topological polar surface area (TPSA) is 64.1 Å². The van der Waals surface area contributed by atoms with Gasteiger partial charge in [0, 0.05) is 38.8 Å². The summed E-state index contributed by atoms with van der Waals surface area (Å²) in [6, 6.07) is 0.179. The lowest BCUT2D eigenvalue weighted by Crippen LogP contribution is -2.65. The van der Waals surface area contributed by atoms with E-state index in [1.165, 1.54) is 4.90 Å². The maximum absolute atomic E-state index is 10.9. The minimum Gasteiger partial charge on any atom is -0.465 e. The average Bonchev–Trinajstić information content (AvgIpc) is 2.27.